The first-order valence-electron chi connectivity index (χ1n) is 4.85. The lowest BCUT2D eigenvalue weighted by Crippen LogP contribution is -2.26. The Morgan fingerprint density at radius 1 is 1.38 bits per heavy atom. The molecule has 0 heterocycles. The highest BCUT2D eigenvalue weighted by molar-refractivity contribution is 5.85. The van der Waals surface area contributed by atoms with E-state index >= 15 is 0 Å². The number of nitrogens with two attached hydrogens (primary N) is 1. The molecule has 0 saturated heterocycles. The molecular formula is C12H17ClN2O. The summed E-state index contributed by atoms with van der Waals surface area (Å²) in [6, 6.07) is 6.72. The molecule has 3 N–H and O–H groups in total. The van der Waals surface area contributed by atoms with E-state index in [2.05, 4.69) is 0 Å². The second-order valence-electron chi connectivity index (χ2n) is 4.70. The van der Waals surface area contributed by atoms with E-state index in [-0.39, 0.29) is 35.2 Å². The number of benzene rings is 1. The monoisotopic (exact) mass is 240 g/mol. The van der Waals surface area contributed by atoms with Crippen LogP contribution in [-0.2, 0) is 0 Å². The number of phenols is 1. The minimum Gasteiger partial charge on any atom is -0.506 e. The van der Waals surface area contributed by atoms with E-state index in [0.717, 1.165) is 0 Å². The van der Waals surface area contributed by atoms with Gasteiger partial charge in [-0.3, -0.25) is 0 Å². The van der Waals surface area contributed by atoms with Crippen LogP contribution in [0.2, 0.25) is 0 Å². The number of nitrogens with zero attached hydrogens (tertiary/aromatic N) is 1. The van der Waals surface area contributed by atoms with E-state index in [4.69, 9.17) is 11.0 Å². The number of halogens is 1. The van der Waals surface area contributed by atoms with Crippen LogP contribution in [0.5, 0.6) is 5.75 Å². The van der Waals surface area contributed by atoms with Crippen molar-refractivity contribution in [3.05, 3.63) is 29.3 Å². The Bertz CT molecular complexity index is 404. The molecule has 0 radical (unpaired) electrons. The Morgan fingerprint density at radius 3 is 2.38 bits per heavy atom. The molecule has 16 heavy (non-hydrogen) atoms. The first kappa shape index (κ1) is 14.8. The van der Waals surface area contributed by atoms with Crippen LogP contribution in [0.25, 0.3) is 0 Å². The smallest absolute Gasteiger partial charge is 0.138 e. The highest BCUT2D eigenvalue weighted by Crippen LogP contribution is 2.36. The average molecular weight is 241 g/mol. The van der Waals surface area contributed by atoms with Crippen LogP contribution >= 0.6 is 12.4 Å². The third-order valence-electron chi connectivity index (χ3n) is 2.46. The predicted molar refractivity (Wildman–Crippen MR) is 66.5 cm³/mol. The molecule has 1 atom stereocenters. The van der Waals surface area contributed by atoms with E-state index in [1.807, 2.05) is 26.8 Å². The average Bonchev–Trinajstić information content (AvgIpc) is 2.16. The summed E-state index contributed by atoms with van der Waals surface area (Å²) in [5.74, 6) is 0.00225. The van der Waals surface area contributed by atoms with Crippen LogP contribution < -0.4 is 5.73 Å². The molecule has 0 saturated carbocycles. The fourth-order valence-electron chi connectivity index (χ4n) is 1.37. The highest BCUT2D eigenvalue weighted by Gasteiger charge is 2.25. The van der Waals surface area contributed by atoms with Crippen molar-refractivity contribution in [2.45, 2.75) is 26.8 Å². The van der Waals surface area contributed by atoms with E-state index < -0.39 is 0 Å². The third-order valence-corrected chi connectivity index (χ3v) is 2.46. The molecule has 0 aliphatic heterocycles. The van der Waals surface area contributed by atoms with Crippen LogP contribution in [0.4, 0.5) is 0 Å². The Kier molecular flexibility index (Phi) is 4.80. The summed E-state index contributed by atoms with van der Waals surface area (Å²) in [6.07, 6.45) is 0. The van der Waals surface area contributed by atoms with Crippen molar-refractivity contribution < 1.29 is 5.11 Å². The number of hydrogen-bond acceptors (Lipinski definition) is 3. The number of hydrogen-bond donors (Lipinski definition) is 2. The van der Waals surface area contributed by atoms with Crippen LogP contribution in [0.3, 0.4) is 0 Å². The molecule has 0 aromatic heterocycles. The van der Waals surface area contributed by atoms with E-state index in [1.165, 1.54) is 0 Å². The van der Waals surface area contributed by atoms with Crippen LogP contribution in [0, 0.1) is 16.7 Å². The zero-order valence-corrected chi connectivity index (χ0v) is 10.5. The molecule has 0 aliphatic carbocycles. The summed E-state index contributed by atoms with van der Waals surface area (Å²) < 4.78 is 0. The largest absolute Gasteiger partial charge is 0.506 e. The molecule has 0 unspecified atom stereocenters. The quantitative estimate of drug-likeness (QED) is 0.793. The molecule has 88 valence electrons. The summed E-state index contributed by atoms with van der Waals surface area (Å²) >= 11 is 0. The lowest BCUT2D eigenvalue weighted by atomic mass is 9.82. The zero-order valence-electron chi connectivity index (χ0n) is 9.69. The Hall–Kier alpha value is -1.24. The minimum absolute atomic E-state index is 0. The van der Waals surface area contributed by atoms with Gasteiger partial charge in [0.2, 0.25) is 0 Å². The Labute approximate surface area is 102 Å². The van der Waals surface area contributed by atoms with E-state index in [1.54, 1.807) is 18.2 Å². The molecular weight excluding hydrogens is 224 g/mol. The van der Waals surface area contributed by atoms with Gasteiger partial charge < -0.3 is 10.8 Å². The number of phenolic OH excluding ortho intramolecular Hbond substituents is 1. The lowest BCUT2D eigenvalue weighted by Gasteiger charge is -2.28. The zero-order chi connectivity index (χ0) is 11.6. The van der Waals surface area contributed by atoms with E-state index in [0.29, 0.717) is 5.56 Å². The van der Waals surface area contributed by atoms with Gasteiger partial charge in [-0.25, -0.2) is 0 Å². The maximum atomic E-state index is 9.82. The van der Waals surface area contributed by atoms with Gasteiger partial charge in [-0.05, 0) is 11.5 Å². The summed E-state index contributed by atoms with van der Waals surface area (Å²) in [6.45, 7) is 5.99. The van der Waals surface area contributed by atoms with Crippen LogP contribution in [0.1, 0.15) is 37.9 Å². The fraction of sp³-hybridized carbons (Fsp3) is 0.417. The normalized spacial score (nSPS) is 12.4. The SMILES string of the molecule is CC(C)(C)[C@H](N)c1cccc(C#N)c1O.Cl. The standard InChI is InChI=1S/C12H16N2O.ClH/c1-12(2,3)11(14)9-6-4-5-8(7-13)10(9)15;/h4-6,11,15H,14H2,1-3H3;1H/t11-;/m1./s1. The third kappa shape index (κ3) is 2.88. The fourth-order valence-corrected chi connectivity index (χ4v) is 1.37. The van der Waals surface area contributed by atoms with Gasteiger partial charge in [-0.1, -0.05) is 32.9 Å². The molecule has 0 aliphatic rings. The van der Waals surface area contributed by atoms with Crippen LogP contribution in [-0.4, -0.2) is 5.11 Å². The van der Waals surface area contributed by atoms with Gasteiger partial charge in [0, 0.05) is 11.6 Å². The molecule has 0 fully saturated rings. The maximum Gasteiger partial charge on any atom is 0.138 e. The molecule has 1 aromatic carbocycles. The van der Waals surface area contributed by atoms with Gasteiger partial charge >= 0.3 is 0 Å². The van der Waals surface area contributed by atoms with Gasteiger partial charge in [0.15, 0.2) is 0 Å². The van der Waals surface area contributed by atoms with Gasteiger partial charge in [0.1, 0.15) is 11.8 Å². The summed E-state index contributed by atoms with van der Waals surface area (Å²) in [5.41, 5.74) is 6.78. The van der Waals surface area contributed by atoms with E-state index in [9.17, 15) is 5.11 Å². The molecule has 4 heteroatoms. The van der Waals surface area contributed by atoms with Crippen molar-refractivity contribution in [1.29, 1.82) is 5.26 Å². The van der Waals surface area contributed by atoms with Gasteiger partial charge in [0.05, 0.1) is 5.56 Å². The molecule has 3 nitrogen and oxygen atoms in total. The topological polar surface area (TPSA) is 70.0 Å². The van der Waals surface area contributed by atoms with Crippen molar-refractivity contribution in [3.8, 4) is 11.8 Å². The van der Waals surface area contributed by atoms with Crippen molar-refractivity contribution in [3.63, 3.8) is 0 Å². The summed E-state index contributed by atoms with van der Waals surface area (Å²) in [4.78, 5) is 0. The molecule has 0 spiro atoms. The maximum absolute atomic E-state index is 9.82. The van der Waals surface area contributed by atoms with Crippen molar-refractivity contribution >= 4 is 12.4 Å². The van der Waals surface area contributed by atoms with Gasteiger partial charge in [-0.15, -0.1) is 12.4 Å². The second-order valence-corrected chi connectivity index (χ2v) is 4.70. The Morgan fingerprint density at radius 2 is 1.94 bits per heavy atom. The first-order chi connectivity index (χ1) is 6.88. The number of nitriles is 1. The van der Waals surface area contributed by atoms with Crippen LogP contribution in [0.15, 0.2) is 18.2 Å². The number of para-hydroxylation sites is 1. The molecule has 1 rings (SSSR count). The highest BCUT2D eigenvalue weighted by atomic mass is 35.5. The number of aromatic hydroxyl groups is 1. The van der Waals surface area contributed by atoms with Gasteiger partial charge in [-0.2, -0.15) is 5.26 Å². The summed E-state index contributed by atoms with van der Waals surface area (Å²) in [7, 11) is 0. The van der Waals surface area contributed by atoms with Crippen molar-refractivity contribution in [2.75, 3.05) is 0 Å². The molecule has 0 bridgehead atoms. The molecule has 1 aromatic rings. The molecule has 0 amide bonds. The van der Waals surface area contributed by atoms with Gasteiger partial charge in [0.25, 0.3) is 0 Å². The summed E-state index contributed by atoms with van der Waals surface area (Å²) in [5, 5.41) is 18.6. The number of rotatable bonds is 1. The first-order valence-corrected chi connectivity index (χ1v) is 4.85. The Balaban J connectivity index is 0.00000225. The van der Waals surface area contributed by atoms with Crippen molar-refractivity contribution in [1.82, 2.24) is 0 Å². The lowest BCUT2D eigenvalue weighted by molar-refractivity contribution is 0.317. The van der Waals surface area contributed by atoms with Crippen molar-refractivity contribution in [2.24, 2.45) is 11.1 Å². The second kappa shape index (κ2) is 5.20. The predicted octanol–water partition coefficient (Wildman–Crippen LogP) is 2.73. The minimum atomic E-state index is -0.286.